The lowest BCUT2D eigenvalue weighted by atomic mass is 10.0. The van der Waals surface area contributed by atoms with Crippen molar-refractivity contribution in [1.82, 2.24) is 0 Å². The van der Waals surface area contributed by atoms with Crippen molar-refractivity contribution in [2.24, 2.45) is 0 Å². The third-order valence-electron chi connectivity index (χ3n) is 2.29. The van der Waals surface area contributed by atoms with Gasteiger partial charge in [-0.25, -0.2) is 4.79 Å². The average molecular weight is 257 g/mol. The van der Waals surface area contributed by atoms with Crippen molar-refractivity contribution >= 4 is 21.9 Å². The highest BCUT2D eigenvalue weighted by Crippen LogP contribution is 2.26. The Morgan fingerprint density at radius 3 is 2.43 bits per heavy atom. The lowest BCUT2D eigenvalue weighted by Crippen LogP contribution is -2.04. The Labute approximate surface area is 92.1 Å². The van der Waals surface area contributed by atoms with E-state index in [-0.39, 0.29) is 0 Å². The molecule has 1 rings (SSSR count). The van der Waals surface area contributed by atoms with E-state index in [1.54, 1.807) is 6.07 Å². The van der Waals surface area contributed by atoms with Gasteiger partial charge in [0, 0.05) is 4.47 Å². The molecule has 0 saturated heterocycles. The molecule has 0 aromatic heterocycles. The van der Waals surface area contributed by atoms with Gasteiger partial charge in [0.05, 0.1) is 5.56 Å². The van der Waals surface area contributed by atoms with Crippen LogP contribution in [-0.4, -0.2) is 11.1 Å². The molecule has 0 atom stereocenters. The summed E-state index contributed by atoms with van der Waals surface area (Å²) in [6.07, 6.45) is 1.64. The second kappa shape index (κ2) is 4.60. The highest BCUT2D eigenvalue weighted by Gasteiger charge is 2.13. The van der Waals surface area contributed by atoms with Crippen LogP contribution in [0.2, 0.25) is 0 Å². The van der Waals surface area contributed by atoms with Crippen molar-refractivity contribution in [2.45, 2.75) is 26.7 Å². The highest BCUT2D eigenvalue weighted by atomic mass is 79.9. The van der Waals surface area contributed by atoms with Gasteiger partial charge in [-0.15, -0.1) is 0 Å². The van der Waals surface area contributed by atoms with Crippen molar-refractivity contribution in [3.05, 3.63) is 33.3 Å². The Hall–Kier alpha value is -0.830. The van der Waals surface area contributed by atoms with Crippen molar-refractivity contribution in [3.63, 3.8) is 0 Å². The summed E-state index contributed by atoms with van der Waals surface area (Å²) in [6.45, 7) is 4.02. The smallest absolute Gasteiger partial charge is 0.336 e. The molecule has 0 heterocycles. The van der Waals surface area contributed by atoms with Crippen LogP contribution in [0.5, 0.6) is 0 Å². The molecule has 14 heavy (non-hydrogen) atoms. The second-order valence-corrected chi connectivity index (χ2v) is 3.87. The van der Waals surface area contributed by atoms with Crippen LogP contribution in [0.15, 0.2) is 16.6 Å². The number of aryl methyl sites for hydroxylation is 1. The zero-order valence-electron chi connectivity index (χ0n) is 8.30. The number of carbonyl (C=O) groups is 1. The number of carboxylic acid groups (broad SMARTS) is 1. The summed E-state index contributed by atoms with van der Waals surface area (Å²) in [7, 11) is 0. The largest absolute Gasteiger partial charge is 0.478 e. The Morgan fingerprint density at radius 1 is 1.36 bits per heavy atom. The zero-order valence-corrected chi connectivity index (χ0v) is 9.89. The maximum absolute atomic E-state index is 10.9. The molecule has 1 N–H and O–H groups in total. The van der Waals surface area contributed by atoms with E-state index in [9.17, 15) is 4.79 Å². The van der Waals surface area contributed by atoms with Gasteiger partial charge in [-0.05, 0) is 30.0 Å². The summed E-state index contributed by atoms with van der Waals surface area (Å²) in [6, 6.07) is 3.55. The molecule has 2 nitrogen and oxygen atoms in total. The lowest BCUT2D eigenvalue weighted by molar-refractivity contribution is 0.0695. The normalized spacial score (nSPS) is 10.2. The van der Waals surface area contributed by atoms with Gasteiger partial charge < -0.3 is 5.11 Å². The first-order valence-corrected chi connectivity index (χ1v) is 5.44. The van der Waals surface area contributed by atoms with E-state index in [0.29, 0.717) is 5.56 Å². The van der Waals surface area contributed by atoms with Gasteiger partial charge in [0.15, 0.2) is 0 Å². The summed E-state index contributed by atoms with van der Waals surface area (Å²) in [5, 5.41) is 8.96. The first-order valence-electron chi connectivity index (χ1n) is 4.65. The number of hydrogen-bond acceptors (Lipinski definition) is 1. The molecule has 76 valence electrons. The van der Waals surface area contributed by atoms with Gasteiger partial charge in [-0.3, -0.25) is 0 Å². The first kappa shape index (κ1) is 11.2. The van der Waals surface area contributed by atoms with Crippen LogP contribution in [0.25, 0.3) is 0 Å². The van der Waals surface area contributed by atoms with E-state index in [4.69, 9.17) is 5.11 Å². The summed E-state index contributed by atoms with van der Waals surface area (Å²) < 4.78 is 0.947. The van der Waals surface area contributed by atoms with E-state index in [1.807, 2.05) is 13.0 Å². The van der Waals surface area contributed by atoms with E-state index in [0.717, 1.165) is 28.4 Å². The van der Waals surface area contributed by atoms with E-state index in [1.165, 1.54) is 0 Å². The van der Waals surface area contributed by atoms with E-state index in [2.05, 4.69) is 22.9 Å². The zero-order chi connectivity index (χ0) is 10.7. The quantitative estimate of drug-likeness (QED) is 0.902. The molecule has 0 aliphatic rings. The molecule has 0 spiro atoms. The van der Waals surface area contributed by atoms with Gasteiger partial charge in [-0.2, -0.15) is 0 Å². The lowest BCUT2D eigenvalue weighted by Gasteiger charge is -2.10. The first-order chi connectivity index (χ1) is 6.61. The Balaban J connectivity index is 3.35. The summed E-state index contributed by atoms with van der Waals surface area (Å²) in [5.74, 6) is -0.856. The third kappa shape index (κ3) is 1.98. The molecule has 0 unspecified atom stereocenters. The monoisotopic (exact) mass is 256 g/mol. The molecule has 1 aromatic carbocycles. The maximum atomic E-state index is 10.9. The summed E-state index contributed by atoms with van der Waals surface area (Å²) in [5.41, 5.74) is 2.44. The third-order valence-corrected chi connectivity index (χ3v) is 3.28. The fourth-order valence-electron chi connectivity index (χ4n) is 1.49. The van der Waals surface area contributed by atoms with Gasteiger partial charge in [0.2, 0.25) is 0 Å². The van der Waals surface area contributed by atoms with Crippen molar-refractivity contribution in [1.29, 1.82) is 0 Å². The number of aromatic carboxylic acids is 1. The van der Waals surface area contributed by atoms with Crippen molar-refractivity contribution < 1.29 is 9.90 Å². The van der Waals surface area contributed by atoms with Gasteiger partial charge in [-0.1, -0.05) is 35.8 Å². The fourth-order valence-corrected chi connectivity index (χ4v) is 2.40. The Kier molecular flexibility index (Phi) is 3.69. The van der Waals surface area contributed by atoms with Crippen LogP contribution in [0.4, 0.5) is 0 Å². The summed E-state index contributed by atoms with van der Waals surface area (Å²) >= 11 is 3.46. The minimum Gasteiger partial charge on any atom is -0.478 e. The predicted molar refractivity (Wildman–Crippen MR) is 59.9 cm³/mol. The molecular weight excluding hydrogens is 244 g/mol. The number of halogens is 1. The van der Waals surface area contributed by atoms with Crippen LogP contribution in [-0.2, 0) is 12.8 Å². The molecule has 0 amide bonds. The van der Waals surface area contributed by atoms with Crippen LogP contribution >= 0.6 is 15.9 Å². The van der Waals surface area contributed by atoms with Crippen LogP contribution < -0.4 is 0 Å². The fraction of sp³-hybridized carbons (Fsp3) is 0.364. The molecule has 0 saturated carbocycles. The Morgan fingerprint density at radius 2 is 2.00 bits per heavy atom. The number of benzene rings is 1. The topological polar surface area (TPSA) is 37.3 Å². The molecule has 3 heteroatoms. The number of rotatable bonds is 3. The standard InChI is InChI=1S/C11H13BrO2/c1-3-7-5-6-9(11(13)14)8(4-2)10(7)12/h5-6H,3-4H2,1-2H3,(H,13,14). The number of carboxylic acids is 1. The second-order valence-electron chi connectivity index (χ2n) is 3.08. The molecule has 0 aliphatic carbocycles. The SMILES string of the molecule is CCc1ccc(C(=O)O)c(CC)c1Br. The summed E-state index contributed by atoms with van der Waals surface area (Å²) in [4.78, 5) is 10.9. The molecular formula is C11H13BrO2. The van der Waals surface area contributed by atoms with Crippen LogP contribution in [0.1, 0.15) is 35.3 Å². The predicted octanol–water partition coefficient (Wildman–Crippen LogP) is 3.27. The molecule has 0 bridgehead atoms. The number of hydrogen-bond donors (Lipinski definition) is 1. The van der Waals surface area contributed by atoms with Gasteiger partial charge in [0.1, 0.15) is 0 Å². The molecule has 0 radical (unpaired) electrons. The van der Waals surface area contributed by atoms with Crippen molar-refractivity contribution in [2.75, 3.05) is 0 Å². The minimum absolute atomic E-state index is 0.400. The van der Waals surface area contributed by atoms with Gasteiger partial charge >= 0.3 is 5.97 Å². The van der Waals surface area contributed by atoms with E-state index >= 15 is 0 Å². The highest BCUT2D eigenvalue weighted by molar-refractivity contribution is 9.10. The molecule has 0 fully saturated rings. The van der Waals surface area contributed by atoms with Crippen LogP contribution in [0.3, 0.4) is 0 Å². The van der Waals surface area contributed by atoms with Crippen molar-refractivity contribution in [3.8, 4) is 0 Å². The Bertz CT molecular complexity index is 359. The molecule has 1 aromatic rings. The molecule has 0 aliphatic heterocycles. The maximum Gasteiger partial charge on any atom is 0.336 e. The van der Waals surface area contributed by atoms with Crippen LogP contribution in [0, 0.1) is 0 Å². The van der Waals surface area contributed by atoms with E-state index < -0.39 is 5.97 Å². The average Bonchev–Trinajstić information content (AvgIpc) is 2.17. The minimum atomic E-state index is -0.856. The van der Waals surface area contributed by atoms with Gasteiger partial charge in [0.25, 0.3) is 0 Å².